The van der Waals surface area contributed by atoms with E-state index in [1.807, 2.05) is 6.92 Å². The fourth-order valence-electron chi connectivity index (χ4n) is 4.69. The number of hydrogen-bond donors (Lipinski definition) is 1. The maximum atomic E-state index is 13.8. The Bertz CT molecular complexity index is 1230. The minimum absolute atomic E-state index is 0.0542. The van der Waals surface area contributed by atoms with Crippen molar-refractivity contribution in [3.05, 3.63) is 53.1 Å². The third kappa shape index (κ3) is 7.32. The number of hydrogen-bond acceptors (Lipinski definition) is 6. The summed E-state index contributed by atoms with van der Waals surface area (Å²) in [5.74, 6) is -0.0391. The molecule has 0 unspecified atom stereocenters. The Balaban J connectivity index is 1.96. The maximum Gasteiger partial charge on any atom is 0.244 e. The van der Waals surface area contributed by atoms with Gasteiger partial charge in [0.15, 0.2) is 11.5 Å². The van der Waals surface area contributed by atoms with Gasteiger partial charge in [-0.1, -0.05) is 49.6 Å². The highest BCUT2D eigenvalue weighted by molar-refractivity contribution is 7.92. The number of nitrogens with zero attached hydrogens (tertiary/aromatic N) is 2. The number of sulfonamides is 1. The molecule has 1 N–H and O–H groups in total. The van der Waals surface area contributed by atoms with Gasteiger partial charge in [-0.15, -0.1) is 0 Å². The summed E-state index contributed by atoms with van der Waals surface area (Å²) in [5, 5.41) is 3.54. The third-order valence-corrected chi connectivity index (χ3v) is 8.23. The Morgan fingerprint density at radius 3 is 2.32 bits per heavy atom. The van der Waals surface area contributed by atoms with Crippen LogP contribution in [0.3, 0.4) is 0 Å². The molecule has 1 fully saturated rings. The highest BCUT2D eigenvalue weighted by atomic mass is 35.5. The van der Waals surface area contributed by atoms with Crippen LogP contribution in [0.2, 0.25) is 5.02 Å². The summed E-state index contributed by atoms with van der Waals surface area (Å²) in [6.45, 7) is 1.37. The minimum atomic E-state index is -3.88. The van der Waals surface area contributed by atoms with E-state index in [4.69, 9.17) is 21.1 Å². The molecule has 11 heteroatoms. The van der Waals surface area contributed by atoms with E-state index < -0.39 is 28.5 Å². The lowest BCUT2D eigenvalue weighted by Crippen LogP contribution is -2.53. The molecule has 208 valence electrons. The van der Waals surface area contributed by atoms with E-state index in [0.29, 0.717) is 28.5 Å². The van der Waals surface area contributed by atoms with E-state index in [0.717, 1.165) is 36.2 Å². The first kappa shape index (κ1) is 29.6. The monoisotopic (exact) mass is 565 g/mol. The second kappa shape index (κ2) is 13.2. The van der Waals surface area contributed by atoms with Crippen molar-refractivity contribution in [3.63, 3.8) is 0 Å². The second-order valence-corrected chi connectivity index (χ2v) is 11.6. The number of halogens is 1. The molecule has 0 radical (unpaired) electrons. The fourth-order valence-corrected chi connectivity index (χ4v) is 5.73. The van der Waals surface area contributed by atoms with E-state index >= 15 is 0 Å². The first-order valence-corrected chi connectivity index (χ1v) is 14.8. The zero-order valence-electron chi connectivity index (χ0n) is 22.3. The summed E-state index contributed by atoms with van der Waals surface area (Å²) >= 11 is 6.40. The molecule has 3 rings (SSSR count). The van der Waals surface area contributed by atoms with E-state index in [1.54, 1.807) is 30.3 Å². The molecule has 2 aromatic carbocycles. The van der Waals surface area contributed by atoms with E-state index in [1.165, 1.54) is 31.3 Å². The van der Waals surface area contributed by atoms with Crippen LogP contribution >= 0.6 is 11.6 Å². The summed E-state index contributed by atoms with van der Waals surface area (Å²) in [4.78, 5) is 28.6. The highest BCUT2D eigenvalue weighted by Gasteiger charge is 2.33. The number of carbonyl (C=O) groups excluding carboxylic acids is 2. The van der Waals surface area contributed by atoms with Gasteiger partial charge in [0.05, 0.1) is 26.2 Å². The van der Waals surface area contributed by atoms with Crippen molar-refractivity contribution in [1.29, 1.82) is 0 Å². The molecule has 9 nitrogen and oxygen atoms in total. The lowest BCUT2D eigenvalue weighted by molar-refractivity contribution is -0.140. The van der Waals surface area contributed by atoms with Crippen molar-refractivity contribution in [3.8, 4) is 11.5 Å². The van der Waals surface area contributed by atoms with Crippen LogP contribution in [0.15, 0.2) is 42.5 Å². The maximum absolute atomic E-state index is 13.8. The number of methoxy groups -OCH3 is 2. The smallest absolute Gasteiger partial charge is 0.244 e. The first-order valence-electron chi connectivity index (χ1n) is 12.6. The van der Waals surface area contributed by atoms with Crippen molar-refractivity contribution in [1.82, 2.24) is 10.2 Å². The van der Waals surface area contributed by atoms with Crippen molar-refractivity contribution >= 4 is 39.1 Å². The van der Waals surface area contributed by atoms with Gasteiger partial charge in [-0.05, 0) is 43.0 Å². The van der Waals surface area contributed by atoms with E-state index in [2.05, 4.69) is 5.32 Å². The third-order valence-electron chi connectivity index (χ3n) is 6.72. The van der Waals surface area contributed by atoms with E-state index in [-0.39, 0.29) is 24.2 Å². The molecule has 1 aliphatic carbocycles. The lowest BCUT2D eigenvalue weighted by atomic mass is 10.1. The Morgan fingerprint density at radius 2 is 1.74 bits per heavy atom. The molecule has 0 spiro atoms. The Kier molecular flexibility index (Phi) is 10.3. The van der Waals surface area contributed by atoms with Crippen LogP contribution in [0.5, 0.6) is 11.5 Å². The minimum Gasteiger partial charge on any atom is -0.493 e. The van der Waals surface area contributed by atoms with Crippen LogP contribution in [0.4, 0.5) is 5.69 Å². The number of benzene rings is 2. The standard InChI is InChI=1S/C27H36ClN3O6S/c1-5-23(27(33)29-20-11-7-8-12-20)30(17-19-10-6-9-13-22(19)28)26(32)18-31(38(4,34)35)21-14-15-24(36-2)25(16-21)37-3/h6,9-10,13-16,20,23H,5,7-8,11-12,17-18H2,1-4H3,(H,29,33)/t23-/m0/s1. The highest BCUT2D eigenvalue weighted by Crippen LogP contribution is 2.32. The average molecular weight is 566 g/mol. The molecule has 2 amide bonds. The molecule has 0 heterocycles. The summed E-state index contributed by atoms with van der Waals surface area (Å²) in [7, 11) is -0.963. The zero-order valence-corrected chi connectivity index (χ0v) is 23.8. The van der Waals surface area contributed by atoms with Crippen molar-refractivity contribution in [2.45, 2.75) is 57.7 Å². The van der Waals surface area contributed by atoms with Crippen LogP contribution in [0.1, 0.15) is 44.6 Å². The summed E-state index contributed by atoms with van der Waals surface area (Å²) < 4.78 is 37.3. The average Bonchev–Trinajstić information content (AvgIpc) is 3.40. The van der Waals surface area contributed by atoms with Gasteiger partial charge in [0, 0.05) is 23.7 Å². The molecule has 0 saturated heterocycles. The van der Waals surface area contributed by atoms with E-state index in [9.17, 15) is 18.0 Å². The molecule has 38 heavy (non-hydrogen) atoms. The summed E-state index contributed by atoms with van der Waals surface area (Å²) in [6, 6.07) is 11.0. The van der Waals surface area contributed by atoms with Crippen molar-refractivity contribution < 1.29 is 27.5 Å². The summed E-state index contributed by atoms with van der Waals surface area (Å²) in [5.41, 5.74) is 0.895. The molecule has 0 bridgehead atoms. The topological polar surface area (TPSA) is 105 Å². The number of ether oxygens (including phenoxy) is 2. The lowest BCUT2D eigenvalue weighted by Gasteiger charge is -2.33. The van der Waals surface area contributed by atoms with Gasteiger partial charge in [0.2, 0.25) is 21.8 Å². The molecule has 2 aromatic rings. The van der Waals surface area contributed by atoms with Crippen molar-refractivity contribution in [2.24, 2.45) is 0 Å². The predicted octanol–water partition coefficient (Wildman–Crippen LogP) is 3.99. The quantitative estimate of drug-likeness (QED) is 0.417. The number of carbonyl (C=O) groups is 2. The predicted molar refractivity (Wildman–Crippen MR) is 148 cm³/mol. The van der Waals surface area contributed by atoms with Gasteiger partial charge in [-0.2, -0.15) is 0 Å². The van der Waals surface area contributed by atoms with Gasteiger partial charge in [-0.25, -0.2) is 8.42 Å². The van der Waals surface area contributed by atoms with Gasteiger partial charge in [-0.3, -0.25) is 13.9 Å². The summed E-state index contributed by atoms with van der Waals surface area (Å²) in [6.07, 6.45) is 5.30. The van der Waals surface area contributed by atoms with Gasteiger partial charge < -0.3 is 19.7 Å². The number of amides is 2. The van der Waals surface area contributed by atoms with Crippen LogP contribution in [-0.2, 0) is 26.2 Å². The SMILES string of the molecule is CC[C@@H](C(=O)NC1CCCC1)N(Cc1ccccc1Cl)C(=O)CN(c1ccc(OC)c(OC)c1)S(C)(=O)=O. The van der Waals surface area contributed by atoms with Gasteiger partial charge in [0.1, 0.15) is 12.6 Å². The first-order chi connectivity index (χ1) is 18.1. The molecular weight excluding hydrogens is 530 g/mol. The zero-order chi connectivity index (χ0) is 27.9. The van der Waals surface area contributed by atoms with Crippen LogP contribution in [0.25, 0.3) is 0 Å². The van der Waals surface area contributed by atoms with Crippen molar-refractivity contribution in [2.75, 3.05) is 31.3 Å². The fraction of sp³-hybridized carbons (Fsp3) is 0.481. The molecule has 1 aliphatic rings. The van der Waals surface area contributed by atoms with Crippen LogP contribution in [0, 0.1) is 0 Å². The molecule has 0 aromatic heterocycles. The molecular formula is C27H36ClN3O6S. The Hall–Kier alpha value is -2.98. The largest absolute Gasteiger partial charge is 0.493 e. The molecule has 1 saturated carbocycles. The number of nitrogens with one attached hydrogen (secondary N) is 1. The Morgan fingerprint density at radius 1 is 1.08 bits per heavy atom. The Labute approximate surface area is 230 Å². The van der Waals surface area contributed by atoms with Crippen LogP contribution < -0.4 is 19.1 Å². The van der Waals surface area contributed by atoms with Gasteiger partial charge >= 0.3 is 0 Å². The second-order valence-electron chi connectivity index (χ2n) is 9.34. The molecule has 0 aliphatic heterocycles. The number of rotatable bonds is 12. The normalized spacial score (nSPS) is 14.6. The van der Waals surface area contributed by atoms with Crippen LogP contribution in [-0.4, -0.2) is 64.2 Å². The van der Waals surface area contributed by atoms with Gasteiger partial charge in [0.25, 0.3) is 0 Å². The number of anilines is 1. The molecule has 1 atom stereocenters.